The summed E-state index contributed by atoms with van der Waals surface area (Å²) in [4.78, 5) is 30.6. The molecular formula is C27H30N2O4. The van der Waals surface area contributed by atoms with Crippen LogP contribution in [0.1, 0.15) is 62.4 Å². The van der Waals surface area contributed by atoms with Crippen molar-refractivity contribution in [1.29, 1.82) is 0 Å². The lowest BCUT2D eigenvalue weighted by atomic mass is 9.94. The average molecular weight is 447 g/mol. The monoisotopic (exact) mass is 446 g/mol. The van der Waals surface area contributed by atoms with E-state index in [1.165, 1.54) is 0 Å². The maximum absolute atomic E-state index is 13.2. The van der Waals surface area contributed by atoms with Gasteiger partial charge in [-0.2, -0.15) is 0 Å². The number of imidazole rings is 1. The number of benzene rings is 2. The minimum atomic E-state index is -0.698. The van der Waals surface area contributed by atoms with E-state index >= 15 is 0 Å². The van der Waals surface area contributed by atoms with Crippen molar-refractivity contribution in [2.24, 2.45) is 0 Å². The molecule has 0 atom stereocenters. The molecule has 6 heteroatoms. The van der Waals surface area contributed by atoms with Crippen molar-refractivity contribution < 1.29 is 19.1 Å². The lowest BCUT2D eigenvalue weighted by molar-refractivity contribution is 0.00658. The molecule has 0 radical (unpaired) electrons. The Morgan fingerprint density at radius 2 is 1.58 bits per heavy atom. The summed E-state index contributed by atoms with van der Waals surface area (Å²) >= 11 is 0. The Bertz CT molecular complexity index is 1280. The Kier molecular flexibility index (Phi) is 7.16. The highest BCUT2D eigenvalue weighted by molar-refractivity contribution is 6.15. The number of pyridine rings is 1. The number of hydrogen-bond acceptors (Lipinski definition) is 5. The highest BCUT2D eigenvalue weighted by atomic mass is 16.6. The molecule has 0 unspecified atom stereocenters. The van der Waals surface area contributed by atoms with Crippen LogP contribution in [-0.2, 0) is 9.47 Å². The van der Waals surface area contributed by atoms with E-state index in [2.05, 4.69) is 4.98 Å². The van der Waals surface area contributed by atoms with Gasteiger partial charge < -0.3 is 9.47 Å². The third-order valence-corrected chi connectivity index (χ3v) is 4.82. The van der Waals surface area contributed by atoms with Gasteiger partial charge in [0.15, 0.2) is 5.69 Å². The normalized spacial score (nSPS) is 11.1. The Morgan fingerprint density at radius 3 is 2.21 bits per heavy atom. The number of rotatable bonds is 4. The Balaban J connectivity index is 0.00000149. The van der Waals surface area contributed by atoms with Crippen LogP contribution < -0.4 is 0 Å². The Hall–Kier alpha value is -3.67. The largest absolute Gasteiger partial charge is 0.462 e. The van der Waals surface area contributed by atoms with Gasteiger partial charge in [0.05, 0.1) is 23.2 Å². The summed E-state index contributed by atoms with van der Waals surface area (Å²) in [6.07, 6.45) is 1.55. The lowest BCUT2D eigenvalue weighted by Gasteiger charge is -2.20. The topological polar surface area (TPSA) is 69.9 Å². The van der Waals surface area contributed by atoms with Crippen LogP contribution in [0.15, 0.2) is 60.9 Å². The minimum absolute atomic E-state index is 0.0842. The molecule has 0 saturated heterocycles. The molecule has 4 aromatic rings. The van der Waals surface area contributed by atoms with Gasteiger partial charge >= 0.3 is 11.9 Å². The molecule has 2 aromatic heterocycles. The number of hydrogen-bond donors (Lipinski definition) is 0. The van der Waals surface area contributed by atoms with Crippen LogP contribution in [0.3, 0.4) is 0 Å². The number of carbonyl (C=O) groups is 2. The fraction of sp³-hybridized carbons (Fsp3) is 0.296. The fourth-order valence-corrected chi connectivity index (χ4v) is 3.70. The van der Waals surface area contributed by atoms with Crippen molar-refractivity contribution in [2.75, 3.05) is 6.61 Å². The van der Waals surface area contributed by atoms with E-state index in [0.29, 0.717) is 16.6 Å². The zero-order valence-corrected chi connectivity index (χ0v) is 20.0. The van der Waals surface area contributed by atoms with Gasteiger partial charge in [0.2, 0.25) is 0 Å². The van der Waals surface area contributed by atoms with E-state index in [-0.39, 0.29) is 12.3 Å². The fourth-order valence-electron chi connectivity index (χ4n) is 3.70. The summed E-state index contributed by atoms with van der Waals surface area (Å²) in [6.45, 7) is 11.3. The first-order valence-corrected chi connectivity index (χ1v) is 11.2. The van der Waals surface area contributed by atoms with Crippen molar-refractivity contribution in [3.8, 4) is 11.1 Å². The van der Waals surface area contributed by atoms with Crippen molar-refractivity contribution in [1.82, 2.24) is 9.38 Å². The number of fused-ring (bicyclic) bond motifs is 3. The summed E-state index contributed by atoms with van der Waals surface area (Å²) in [5.41, 5.74) is 2.44. The predicted octanol–water partition coefficient (Wildman–Crippen LogP) is 6.31. The van der Waals surface area contributed by atoms with E-state index in [0.717, 1.165) is 16.5 Å². The van der Waals surface area contributed by atoms with Gasteiger partial charge in [0.25, 0.3) is 0 Å². The first kappa shape index (κ1) is 24.0. The highest BCUT2D eigenvalue weighted by Gasteiger charge is 2.29. The predicted molar refractivity (Wildman–Crippen MR) is 131 cm³/mol. The molecular weight excluding hydrogens is 416 g/mol. The smallest absolute Gasteiger partial charge is 0.359 e. The number of ether oxygens (including phenoxy) is 2. The second kappa shape index (κ2) is 9.86. The first-order chi connectivity index (χ1) is 15.8. The number of esters is 2. The molecule has 2 aromatic carbocycles. The third kappa shape index (κ3) is 4.75. The Morgan fingerprint density at radius 1 is 0.939 bits per heavy atom. The maximum Gasteiger partial charge on any atom is 0.359 e. The van der Waals surface area contributed by atoms with Gasteiger partial charge in [-0.25, -0.2) is 14.6 Å². The van der Waals surface area contributed by atoms with Crippen LogP contribution in [0.25, 0.3) is 27.5 Å². The molecule has 0 aliphatic heterocycles. The third-order valence-electron chi connectivity index (χ3n) is 4.82. The molecule has 0 aliphatic rings. The van der Waals surface area contributed by atoms with Crippen LogP contribution in [-0.4, -0.2) is 33.5 Å². The van der Waals surface area contributed by atoms with E-state index in [1.807, 2.05) is 68.4 Å². The SMILES string of the molecule is CC.CCOC(=O)c1c(-c2ccccc2)c2ccccc2n2cnc(C(=O)OC(C)(C)C)c12. The number of carbonyl (C=O) groups excluding carboxylic acids is 2. The maximum atomic E-state index is 13.2. The lowest BCUT2D eigenvalue weighted by Crippen LogP contribution is -2.24. The van der Waals surface area contributed by atoms with Gasteiger partial charge in [-0.15, -0.1) is 0 Å². The van der Waals surface area contributed by atoms with Crippen molar-refractivity contribution in [3.63, 3.8) is 0 Å². The van der Waals surface area contributed by atoms with Gasteiger partial charge in [0.1, 0.15) is 11.9 Å². The van der Waals surface area contributed by atoms with E-state index in [9.17, 15) is 9.59 Å². The van der Waals surface area contributed by atoms with Crippen LogP contribution in [0.2, 0.25) is 0 Å². The van der Waals surface area contributed by atoms with Crippen LogP contribution in [0.5, 0.6) is 0 Å². The summed E-state index contributed by atoms with van der Waals surface area (Å²) in [5.74, 6) is -1.10. The van der Waals surface area contributed by atoms with E-state index in [1.54, 1.807) is 38.4 Å². The highest BCUT2D eigenvalue weighted by Crippen LogP contribution is 2.37. The summed E-state index contributed by atoms with van der Waals surface area (Å²) in [5, 5.41) is 0.859. The molecule has 0 aliphatic carbocycles. The number of aromatic nitrogens is 2. The van der Waals surface area contributed by atoms with Crippen molar-refractivity contribution >= 4 is 28.4 Å². The molecule has 0 bridgehead atoms. The number of para-hydroxylation sites is 1. The molecule has 172 valence electrons. The zero-order chi connectivity index (χ0) is 24.2. The Labute approximate surface area is 194 Å². The molecule has 0 fully saturated rings. The van der Waals surface area contributed by atoms with E-state index < -0.39 is 17.5 Å². The zero-order valence-electron chi connectivity index (χ0n) is 20.0. The van der Waals surface area contributed by atoms with Crippen LogP contribution >= 0.6 is 0 Å². The summed E-state index contributed by atoms with van der Waals surface area (Å²) in [6, 6.07) is 17.3. The van der Waals surface area contributed by atoms with Gasteiger partial charge in [-0.1, -0.05) is 62.4 Å². The number of nitrogens with zero attached hydrogens (tertiary/aromatic N) is 2. The van der Waals surface area contributed by atoms with Crippen LogP contribution in [0.4, 0.5) is 0 Å². The van der Waals surface area contributed by atoms with Crippen molar-refractivity contribution in [2.45, 2.75) is 47.1 Å². The average Bonchev–Trinajstić information content (AvgIpc) is 3.24. The molecule has 33 heavy (non-hydrogen) atoms. The first-order valence-electron chi connectivity index (χ1n) is 11.2. The molecule has 2 heterocycles. The minimum Gasteiger partial charge on any atom is -0.462 e. The summed E-state index contributed by atoms with van der Waals surface area (Å²) < 4.78 is 12.8. The van der Waals surface area contributed by atoms with E-state index in [4.69, 9.17) is 9.47 Å². The quantitative estimate of drug-likeness (QED) is 0.343. The molecule has 0 amide bonds. The van der Waals surface area contributed by atoms with Gasteiger partial charge in [-0.05, 0) is 39.3 Å². The van der Waals surface area contributed by atoms with Crippen molar-refractivity contribution in [3.05, 3.63) is 72.2 Å². The standard InChI is InChI=1S/C25H24N2O4.C2H6/c1-5-30-23(28)20-19(16-11-7-6-8-12-16)17-13-9-10-14-18(17)27-15-26-21(22(20)27)24(29)31-25(2,3)4;1-2/h6-15H,5H2,1-4H3;1-2H3. The van der Waals surface area contributed by atoms with Gasteiger partial charge in [-0.3, -0.25) is 4.40 Å². The molecule has 0 N–H and O–H groups in total. The second-order valence-corrected chi connectivity index (χ2v) is 8.17. The molecule has 4 rings (SSSR count). The molecule has 6 nitrogen and oxygen atoms in total. The van der Waals surface area contributed by atoms with Crippen LogP contribution in [0, 0.1) is 0 Å². The summed E-state index contributed by atoms with van der Waals surface area (Å²) in [7, 11) is 0. The van der Waals surface area contributed by atoms with Gasteiger partial charge in [0, 0.05) is 10.9 Å². The molecule has 0 spiro atoms. The second-order valence-electron chi connectivity index (χ2n) is 8.17. The molecule has 0 saturated carbocycles.